The van der Waals surface area contributed by atoms with Crippen LogP contribution >= 0.6 is 35.3 Å². The predicted octanol–water partition coefficient (Wildman–Crippen LogP) is 1.93. The van der Waals surface area contributed by atoms with Crippen LogP contribution in [0, 0.1) is 0 Å². The number of halogens is 2. The quantitative estimate of drug-likeness (QED) is 0.739. The zero-order valence-corrected chi connectivity index (χ0v) is 7.60. The number of aromatic nitrogens is 1. The third kappa shape index (κ3) is 2.73. The second-order valence-corrected chi connectivity index (χ2v) is 2.88. The first-order valence-electron chi connectivity index (χ1n) is 2.59. The van der Waals surface area contributed by atoms with E-state index in [0.29, 0.717) is 11.0 Å². The Hall–Kier alpha value is 0.01000. The molecule has 58 valence electrons. The van der Waals surface area contributed by atoms with E-state index in [1.807, 2.05) is 5.38 Å². The molecule has 0 atom stereocenters. The van der Waals surface area contributed by atoms with Crippen molar-refractivity contribution in [3.8, 4) is 0 Å². The van der Waals surface area contributed by atoms with E-state index in [9.17, 15) is 0 Å². The summed E-state index contributed by atoms with van der Waals surface area (Å²) >= 11 is 6.92. The van der Waals surface area contributed by atoms with Crippen molar-refractivity contribution in [2.24, 2.45) is 0 Å². The Bertz CT molecular complexity index is 190. The molecule has 0 aliphatic carbocycles. The van der Waals surface area contributed by atoms with Crippen LogP contribution in [0.1, 0.15) is 5.69 Å². The highest BCUT2D eigenvalue weighted by Gasteiger charge is 1.95. The van der Waals surface area contributed by atoms with Crippen molar-refractivity contribution in [2.75, 3.05) is 11.6 Å². The lowest BCUT2D eigenvalue weighted by atomic mass is 10.4. The molecule has 0 saturated carbocycles. The van der Waals surface area contributed by atoms with Gasteiger partial charge in [0.15, 0.2) is 5.13 Å². The van der Waals surface area contributed by atoms with E-state index >= 15 is 0 Å². The molecular weight excluding hydrogens is 191 g/mol. The Kier molecular flexibility index (Phi) is 4.77. The van der Waals surface area contributed by atoms with Crippen LogP contribution < -0.4 is 5.73 Å². The maximum absolute atomic E-state index is 5.47. The Balaban J connectivity index is 0.000000810. The molecule has 1 aromatic rings. The van der Waals surface area contributed by atoms with Gasteiger partial charge in [0.25, 0.3) is 0 Å². The number of alkyl halides is 1. The molecule has 0 aromatic carbocycles. The molecular formula is C5H8Cl2N2S. The van der Waals surface area contributed by atoms with E-state index in [0.717, 1.165) is 12.1 Å². The summed E-state index contributed by atoms with van der Waals surface area (Å²) < 4.78 is 0. The average molecular weight is 199 g/mol. The molecule has 0 aliphatic rings. The molecule has 2 nitrogen and oxygen atoms in total. The SMILES string of the molecule is Cl.Nc1nc(CCCl)cs1. The van der Waals surface area contributed by atoms with Crippen molar-refractivity contribution in [3.63, 3.8) is 0 Å². The minimum Gasteiger partial charge on any atom is -0.375 e. The molecule has 1 rings (SSSR count). The molecule has 0 aliphatic heterocycles. The summed E-state index contributed by atoms with van der Waals surface area (Å²) in [6, 6.07) is 0. The van der Waals surface area contributed by atoms with E-state index in [1.54, 1.807) is 0 Å². The van der Waals surface area contributed by atoms with Crippen LogP contribution in [-0.2, 0) is 6.42 Å². The fraction of sp³-hybridized carbons (Fsp3) is 0.400. The first kappa shape index (κ1) is 10.0. The number of hydrogen-bond acceptors (Lipinski definition) is 3. The molecule has 1 heterocycles. The normalized spacial score (nSPS) is 8.90. The van der Waals surface area contributed by atoms with E-state index in [-0.39, 0.29) is 12.4 Å². The molecule has 0 saturated heterocycles. The second-order valence-electron chi connectivity index (χ2n) is 1.62. The van der Waals surface area contributed by atoms with Crippen LogP contribution in [0.5, 0.6) is 0 Å². The van der Waals surface area contributed by atoms with Crippen LogP contribution in [0.25, 0.3) is 0 Å². The van der Waals surface area contributed by atoms with Gasteiger partial charge in [0.1, 0.15) is 0 Å². The minimum atomic E-state index is 0. The standard InChI is InChI=1S/C5H7ClN2S.ClH/c6-2-1-4-3-9-5(7)8-4;/h3H,1-2H2,(H2,7,8);1H. The fourth-order valence-electron chi connectivity index (χ4n) is 0.534. The predicted molar refractivity (Wildman–Crippen MR) is 48.2 cm³/mol. The highest BCUT2D eigenvalue weighted by atomic mass is 35.5. The molecule has 0 spiro atoms. The Morgan fingerprint density at radius 1 is 1.70 bits per heavy atom. The monoisotopic (exact) mass is 198 g/mol. The minimum absolute atomic E-state index is 0. The summed E-state index contributed by atoms with van der Waals surface area (Å²) in [4.78, 5) is 4.01. The summed E-state index contributed by atoms with van der Waals surface area (Å²) in [6.45, 7) is 0. The first-order chi connectivity index (χ1) is 4.33. The zero-order chi connectivity index (χ0) is 6.69. The van der Waals surface area contributed by atoms with Gasteiger partial charge in [0.2, 0.25) is 0 Å². The molecule has 10 heavy (non-hydrogen) atoms. The van der Waals surface area contributed by atoms with E-state index in [2.05, 4.69) is 4.98 Å². The van der Waals surface area contributed by atoms with E-state index < -0.39 is 0 Å². The molecule has 0 unspecified atom stereocenters. The van der Waals surface area contributed by atoms with Gasteiger partial charge in [-0.25, -0.2) is 4.98 Å². The third-order valence-corrected chi connectivity index (χ3v) is 1.83. The number of anilines is 1. The van der Waals surface area contributed by atoms with Gasteiger partial charge in [-0.1, -0.05) is 0 Å². The maximum atomic E-state index is 5.47. The average Bonchev–Trinajstić information content (AvgIpc) is 2.17. The third-order valence-electron chi connectivity index (χ3n) is 0.920. The van der Waals surface area contributed by atoms with Crippen molar-refractivity contribution in [1.29, 1.82) is 0 Å². The maximum Gasteiger partial charge on any atom is 0.180 e. The van der Waals surface area contributed by atoms with Crippen LogP contribution in [0.3, 0.4) is 0 Å². The van der Waals surface area contributed by atoms with Crippen LogP contribution in [0.4, 0.5) is 5.13 Å². The Morgan fingerprint density at radius 2 is 2.40 bits per heavy atom. The Morgan fingerprint density at radius 3 is 2.80 bits per heavy atom. The van der Waals surface area contributed by atoms with Gasteiger partial charge in [-0.05, 0) is 0 Å². The second kappa shape index (κ2) is 4.77. The largest absolute Gasteiger partial charge is 0.375 e. The summed E-state index contributed by atoms with van der Waals surface area (Å²) in [5.74, 6) is 0.614. The molecule has 0 amide bonds. The molecule has 0 bridgehead atoms. The van der Waals surface area contributed by atoms with Gasteiger partial charge in [-0.2, -0.15) is 0 Å². The number of thiazole rings is 1. The lowest BCUT2D eigenvalue weighted by Gasteiger charge is -1.84. The van der Waals surface area contributed by atoms with Crippen molar-refractivity contribution in [1.82, 2.24) is 4.98 Å². The van der Waals surface area contributed by atoms with Crippen LogP contribution in [0.2, 0.25) is 0 Å². The Labute approximate surface area is 74.8 Å². The van der Waals surface area contributed by atoms with Gasteiger partial charge >= 0.3 is 0 Å². The highest BCUT2D eigenvalue weighted by Crippen LogP contribution is 2.11. The zero-order valence-electron chi connectivity index (χ0n) is 5.21. The number of nitrogens with two attached hydrogens (primary N) is 1. The van der Waals surface area contributed by atoms with Crippen molar-refractivity contribution in [3.05, 3.63) is 11.1 Å². The molecule has 5 heteroatoms. The van der Waals surface area contributed by atoms with Crippen molar-refractivity contribution in [2.45, 2.75) is 6.42 Å². The van der Waals surface area contributed by atoms with Crippen LogP contribution in [0.15, 0.2) is 5.38 Å². The first-order valence-corrected chi connectivity index (χ1v) is 4.00. The van der Waals surface area contributed by atoms with Gasteiger partial charge in [-0.3, -0.25) is 0 Å². The molecule has 0 fully saturated rings. The van der Waals surface area contributed by atoms with Gasteiger partial charge < -0.3 is 5.73 Å². The summed E-state index contributed by atoms with van der Waals surface area (Å²) in [6.07, 6.45) is 0.815. The lowest BCUT2D eigenvalue weighted by Crippen LogP contribution is -1.87. The molecule has 1 aromatic heterocycles. The number of hydrogen-bond donors (Lipinski definition) is 1. The topological polar surface area (TPSA) is 38.9 Å². The number of nitrogens with zero attached hydrogens (tertiary/aromatic N) is 1. The highest BCUT2D eigenvalue weighted by molar-refractivity contribution is 7.13. The lowest BCUT2D eigenvalue weighted by molar-refractivity contribution is 1.07. The van der Waals surface area contributed by atoms with Gasteiger partial charge in [0, 0.05) is 17.7 Å². The number of rotatable bonds is 2. The van der Waals surface area contributed by atoms with E-state index in [1.165, 1.54) is 11.3 Å². The van der Waals surface area contributed by atoms with Gasteiger partial charge in [-0.15, -0.1) is 35.3 Å². The van der Waals surface area contributed by atoms with Crippen molar-refractivity contribution >= 4 is 40.5 Å². The summed E-state index contributed by atoms with van der Waals surface area (Å²) in [5, 5.41) is 2.55. The van der Waals surface area contributed by atoms with E-state index in [4.69, 9.17) is 17.3 Å². The smallest absolute Gasteiger partial charge is 0.180 e. The fourth-order valence-corrected chi connectivity index (χ4v) is 1.33. The molecule has 0 radical (unpaired) electrons. The van der Waals surface area contributed by atoms with Gasteiger partial charge in [0.05, 0.1) is 5.69 Å². The number of aryl methyl sites for hydroxylation is 1. The number of nitrogen functional groups attached to an aromatic ring is 1. The van der Waals surface area contributed by atoms with Crippen molar-refractivity contribution < 1.29 is 0 Å². The molecule has 2 N–H and O–H groups in total. The summed E-state index contributed by atoms with van der Waals surface area (Å²) in [7, 11) is 0. The summed E-state index contributed by atoms with van der Waals surface area (Å²) in [5.41, 5.74) is 6.37. The van der Waals surface area contributed by atoms with Crippen LogP contribution in [-0.4, -0.2) is 10.9 Å².